The fourth-order valence-electron chi connectivity index (χ4n) is 6.27. The molecule has 0 spiro atoms. The molecule has 0 fully saturated rings. The molecule has 2 aliphatic carbocycles. The Balaban J connectivity index is 1.70. The molecular formula is C37H27. The first-order chi connectivity index (χ1) is 18.2. The van der Waals surface area contributed by atoms with Crippen molar-refractivity contribution in [1.82, 2.24) is 0 Å². The molecule has 1 unspecified atom stereocenters. The second-order valence-corrected chi connectivity index (χ2v) is 10.1. The predicted octanol–water partition coefficient (Wildman–Crippen LogP) is 7.18. The van der Waals surface area contributed by atoms with Crippen molar-refractivity contribution in [2.75, 3.05) is 0 Å². The van der Waals surface area contributed by atoms with Crippen molar-refractivity contribution in [3.05, 3.63) is 181 Å². The van der Waals surface area contributed by atoms with Gasteiger partial charge in [0.25, 0.3) is 0 Å². The van der Waals surface area contributed by atoms with Crippen molar-refractivity contribution in [3.8, 4) is 0 Å². The first kappa shape index (κ1) is 21.8. The standard InChI is InChI=1S/C37H27/c1-24-25(2)35(32-20-12-11-18-29(24)32)37-33(22-21-31-30-19-10-9-17-28(30)23-34(31)37)36(26-13-5-3-6-14-26)27-15-7-4-8-16-27/h3-22,35H,1-2H3. The van der Waals surface area contributed by atoms with E-state index >= 15 is 0 Å². The number of rotatable bonds is 3. The third kappa shape index (κ3) is 3.37. The van der Waals surface area contributed by atoms with E-state index in [1.807, 2.05) is 0 Å². The average molecular weight is 472 g/mol. The van der Waals surface area contributed by atoms with Crippen LogP contribution in [0.3, 0.4) is 0 Å². The minimum absolute atomic E-state index is 0.186. The van der Waals surface area contributed by atoms with E-state index in [-0.39, 0.29) is 5.92 Å². The Bertz CT molecular complexity index is 1880. The third-order valence-corrected chi connectivity index (χ3v) is 8.11. The summed E-state index contributed by atoms with van der Waals surface area (Å²) in [6.45, 7) is 4.59. The van der Waals surface area contributed by atoms with Crippen LogP contribution in [0.2, 0.25) is 0 Å². The first-order valence-electron chi connectivity index (χ1n) is 13.0. The zero-order valence-electron chi connectivity index (χ0n) is 21.1. The Morgan fingerprint density at radius 1 is 0.595 bits per heavy atom. The maximum atomic E-state index is 3.85. The molecule has 0 amide bonds. The molecule has 0 nitrogen and oxygen atoms in total. The molecule has 5 aromatic rings. The Morgan fingerprint density at radius 2 is 1.22 bits per heavy atom. The van der Waals surface area contributed by atoms with E-state index in [0.29, 0.717) is 0 Å². The van der Waals surface area contributed by atoms with Gasteiger partial charge in [-0.05, 0) is 85.3 Å². The SMILES string of the molecule is CC1=C(C)C(c2c3c(ccc2=C(c2ccccc2)c2ccccc2)=c2ccccc2=[C]3)c2ccccc21. The van der Waals surface area contributed by atoms with Crippen LogP contribution in [0.25, 0.3) is 17.2 Å². The van der Waals surface area contributed by atoms with Crippen LogP contribution in [0.15, 0.2) is 127 Å². The molecule has 0 N–H and O–H groups in total. The van der Waals surface area contributed by atoms with Gasteiger partial charge in [-0.1, -0.05) is 127 Å². The second kappa shape index (κ2) is 8.61. The van der Waals surface area contributed by atoms with Gasteiger partial charge >= 0.3 is 0 Å². The summed E-state index contributed by atoms with van der Waals surface area (Å²) in [5.41, 5.74) is 11.9. The highest BCUT2D eigenvalue weighted by Gasteiger charge is 2.31. The molecule has 7 rings (SSSR count). The predicted molar refractivity (Wildman–Crippen MR) is 153 cm³/mol. The van der Waals surface area contributed by atoms with Gasteiger partial charge in [0, 0.05) is 5.92 Å². The number of fused-ring (bicyclic) bond motifs is 3. The van der Waals surface area contributed by atoms with E-state index in [0.717, 1.165) is 0 Å². The number of hydrogen-bond acceptors (Lipinski definition) is 0. The molecule has 0 saturated carbocycles. The summed E-state index contributed by atoms with van der Waals surface area (Å²) in [5, 5.41) is 5.02. The molecule has 37 heavy (non-hydrogen) atoms. The summed E-state index contributed by atoms with van der Waals surface area (Å²) < 4.78 is 0. The van der Waals surface area contributed by atoms with Crippen LogP contribution >= 0.6 is 0 Å². The topological polar surface area (TPSA) is 0 Å². The maximum absolute atomic E-state index is 3.85. The summed E-state index contributed by atoms with van der Waals surface area (Å²) >= 11 is 0. The largest absolute Gasteiger partial charge is 0.0622 e. The molecule has 5 aromatic carbocycles. The highest BCUT2D eigenvalue weighted by Crippen LogP contribution is 2.45. The summed E-state index contributed by atoms with van der Waals surface area (Å²) in [6, 6.07) is 44.0. The lowest BCUT2D eigenvalue weighted by atomic mass is 9.81. The molecule has 0 aromatic heterocycles. The zero-order valence-corrected chi connectivity index (χ0v) is 21.1. The second-order valence-electron chi connectivity index (χ2n) is 10.1. The molecule has 2 aliphatic rings. The maximum Gasteiger partial charge on any atom is 0.0320 e. The molecule has 175 valence electrons. The van der Waals surface area contributed by atoms with Crippen molar-refractivity contribution in [2.24, 2.45) is 0 Å². The van der Waals surface area contributed by atoms with E-state index in [1.54, 1.807) is 0 Å². The number of benzene rings is 5. The Hall–Kier alpha value is -4.42. The fraction of sp³-hybridized carbons (Fsp3) is 0.0811. The van der Waals surface area contributed by atoms with Gasteiger partial charge in [-0.25, -0.2) is 0 Å². The van der Waals surface area contributed by atoms with E-state index in [4.69, 9.17) is 0 Å². The lowest BCUT2D eigenvalue weighted by Crippen LogP contribution is -2.20. The lowest BCUT2D eigenvalue weighted by molar-refractivity contribution is 0.957. The molecule has 0 saturated heterocycles. The van der Waals surface area contributed by atoms with Gasteiger partial charge in [-0.2, -0.15) is 0 Å². The Labute approximate surface area is 217 Å². The van der Waals surface area contributed by atoms with E-state index in [9.17, 15) is 0 Å². The van der Waals surface area contributed by atoms with Crippen molar-refractivity contribution >= 4 is 17.2 Å². The van der Waals surface area contributed by atoms with Crippen LogP contribution in [0.5, 0.6) is 0 Å². The van der Waals surface area contributed by atoms with Crippen LogP contribution in [0.1, 0.15) is 53.1 Å². The van der Waals surface area contributed by atoms with Crippen molar-refractivity contribution < 1.29 is 0 Å². The lowest BCUT2D eigenvalue weighted by Gasteiger charge is -2.21. The molecule has 0 heterocycles. The van der Waals surface area contributed by atoms with E-state index < -0.39 is 0 Å². The van der Waals surface area contributed by atoms with Crippen molar-refractivity contribution in [3.63, 3.8) is 0 Å². The number of hydrogen-bond donors (Lipinski definition) is 0. The molecule has 0 aliphatic heterocycles. The summed E-state index contributed by atoms with van der Waals surface area (Å²) in [5.74, 6) is 0.186. The van der Waals surface area contributed by atoms with Gasteiger partial charge in [0.2, 0.25) is 0 Å². The summed E-state index contributed by atoms with van der Waals surface area (Å²) in [4.78, 5) is 0. The fourth-order valence-corrected chi connectivity index (χ4v) is 6.27. The van der Waals surface area contributed by atoms with Crippen LogP contribution in [0, 0.1) is 10.4 Å². The summed E-state index contributed by atoms with van der Waals surface area (Å²) in [6.07, 6.45) is 3.85. The highest BCUT2D eigenvalue weighted by molar-refractivity contribution is 5.84. The molecule has 1 radical (unpaired) electrons. The molecule has 0 heteroatoms. The van der Waals surface area contributed by atoms with Crippen LogP contribution in [0.4, 0.5) is 0 Å². The highest BCUT2D eigenvalue weighted by atomic mass is 14.3. The van der Waals surface area contributed by atoms with Crippen LogP contribution in [-0.4, -0.2) is 0 Å². The average Bonchev–Trinajstić information content (AvgIpc) is 3.45. The van der Waals surface area contributed by atoms with E-state index in [2.05, 4.69) is 141 Å². The summed E-state index contributed by atoms with van der Waals surface area (Å²) in [7, 11) is 0. The van der Waals surface area contributed by atoms with Gasteiger partial charge in [-0.15, -0.1) is 0 Å². The van der Waals surface area contributed by atoms with Gasteiger partial charge in [0.1, 0.15) is 0 Å². The molecule has 0 bridgehead atoms. The monoisotopic (exact) mass is 471 g/mol. The van der Waals surface area contributed by atoms with Crippen LogP contribution < -0.4 is 10.4 Å². The van der Waals surface area contributed by atoms with Crippen LogP contribution in [-0.2, 0) is 0 Å². The van der Waals surface area contributed by atoms with E-state index in [1.165, 1.54) is 71.0 Å². The van der Waals surface area contributed by atoms with Gasteiger partial charge in [0.05, 0.1) is 0 Å². The minimum Gasteiger partial charge on any atom is -0.0622 e. The minimum atomic E-state index is 0.186. The molecular weight excluding hydrogens is 444 g/mol. The zero-order chi connectivity index (χ0) is 24.9. The third-order valence-electron chi connectivity index (χ3n) is 8.11. The normalized spacial score (nSPS) is 15.1. The van der Waals surface area contributed by atoms with Gasteiger partial charge < -0.3 is 0 Å². The van der Waals surface area contributed by atoms with Crippen molar-refractivity contribution in [2.45, 2.75) is 19.8 Å². The van der Waals surface area contributed by atoms with Gasteiger partial charge in [-0.3, -0.25) is 0 Å². The smallest absolute Gasteiger partial charge is 0.0320 e. The Kier molecular flexibility index (Phi) is 5.08. The Morgan fingerprint density at radius 3 is 1.95 bits per heavy atom. The quantitative estimate of drug-likeness (QED) is 0.256. The van der Waals surface area contributed by atoms with Crippen molar-refractivity contribution in [1.29, 1.82) is 0 Å². The first-order valence-corrected chi connectivity index (χ1v) is 13.0. The van der Waals surface area contributed by atoms with Gasteiger partial charge in [0.15, 0.2) is 0 Å². The number of allylic oxidation sites excluding steroid dienone is 2. The molecule has 1 atom stereocenters.